The van der Waals surface area contributed by atoms with E-state index in [1.54, 1.807) is 11.3 Å². The van der Waals surface area contributed by atoms with Crippen LogP contribution in [0.2, 0.25) is 0 Å². The zero-order valence-electron chi connectivity index (χ0n) is 20.1. The summed E-state index contributed by atoms with van der Waals surface area (Å²) in [6, 6.07) is 22.2. The highest BCUT2D eigenvalue weighted by atomic mass is 32.1. The second-order valence-corrected chi connectivity index (χ2v) is 10.6. The molecule has 3 aliphatic rings. The number of nitrogens with zero attached hydrogens (tertiary/aromatic N) is 5. The average molecular weight is 486 g/mol. The van der Waals surface area contributed by atoms with Gasteiger partial charge in [0, 0.05) is 43.0 Å². The normalized spacial score (nSPS) is 25.6. The van der Waals surface area contributed by atoms with Crippen LogP contribution in [0.4, 0.5) is 11.4 Å². The molecule has 3 atom stereocenters. The van der Waals surface area contributed by atoms with Gasteiger partial charge in [-0.05, 0) is 49.7 Å². The standard InChI is InChI=1S/C27H31N7S/c1-32(2)22-13-16-33(18-22)21-10-8-20(9-11-21)27(25-23(14-17-35-25)30-26(28)31-27)34-24(12-15-29-34)19-6-4-3-5-7-19/h3-11,14-15,17,22,24H,12-13,16,18H2,1-2H3,(H3,28,30,31)/t22-,24?,27?/m1/s1. The molecule has 1 fully saturated rings. The molecule has 0 spiro atoms. The lowest BCUT2D eigenvalue weighted by Crippen LogP contribution is -2.47. The predicted octanol–water partition coefficient (Wildman–Crippen LogP) is 4.26. The van der Waals surface area contributed by atoms with Gasteiger partial charge in [0.15, 0.2) is 5.96 Å². The van der Waals surface area contributed by atoms with Crippen LogP contribution in [0.25, 0.3) is 0 Å². The molecule has 8 heteroatoms. The van der Waals surface area contributed by atoms with Gasteiger partial charge in [0.25, 0.3) is 0 Å². The third-order valence-corrected chi connectivity index (χ3v) is 8.41. The van der Waals surface area contributed by atoms with Crippen molar-refractivity contribution in [2.75, 3.05) is 37.4 Å². The minimum absolute atomic E-state index is 0.0694. The zero-order valence-corrected chi connectivity index (χ0v) is 20.9. The largest absolute Gasteiger partial charge is 0.370 e. The van der Waals surface area contributed by atoms with E-state index < -0.39 is 5.66 Å². The fraction of sp³-hybridized carbons (Fsp3) is 0.333. The van der Waals surface area contributed by atoms with Crippen LogP contribution >= 0.6 is 11.3 Å². The van der Waals surface area contributed by atoms with Gasteiger partial charge in [0.1, 0.15) is 0 Å². The van der Waals surface area contributed by atoms with Crippen LogP contribution in [-0.2, 0) is 5.66 Å². The third-order valence-electron chi connectivity index (χ3n) is 7.40. The number of guanidine groups is 1. The molecule has 1 aromatic heterocycles. The van der Waals surface area contributed by atoms with Gasteiger partial charge in [0.05, 0.1) is 16.6 Å². The first kappa shape index (κ1) is 22.1. The van der Waals surface area contributed by atoms with Gasteiger partial charge in [-0.3, -0.25) is 5.01 Å². The van der Waals surface area contributed by atoms with E-state index in [-0.39, 0.29) is 6.04 Å². The number of likely N-dealkylation sites (N-methyl/N-ethyl adjacent to an activating group) is 1. The zero-order chi connectivity index (χ0) is 24.0. The maximum atomic E-state index is 6.40. The molecule has 0 saturated carbocycles. The maximum Gasteiger partial charge on any atom is 0.214 e. The first-order chi connectivity index (χ1) is 17.1. The van der Waals surface area contributed by atoms with Crippen molar-refractivity contribution in [3.63, 3.8) is 0 Å². The first-order valence-corrected chi connectivity index (χ1v) is 13.0. The minimum atomic E-state index is -0.831. The molecule has 0 bridgehead atoms. The molecule has 0 aliphatic carbocycles. The summed E-state index contributed by atoms with van der Waals surface area (Å²) in [4.78, 5) is 11.0. The van der Waals surface area contributed by atoms with E-state index in [1.807, 2.05) is 6.21 Å². The number of nitrogens with one attached hydrogen (secondary N) is 1. The maximum absolute atomic E-state index is 6.40. The number of anilines is 2. The van der Waals surface area contributed by atoms with Gasteiger partial charge in [-0.25, -0.2) is 4.99 Å². The number of benzene rings is 2. The van der Waals surface area contributed by atoms with Gasteiger partial charge in [-0.2, -0.15) is 5.10 Å². The molecule has 3 aliphatic heterocycles. The molecule has 2 aromatic carbocycles. The smallest absolute Gasteiger partial charge is 0.214 e. The van der Waals surface area contributed by atoms with Crippen molar-refractivity contribution in [3.8, 4) is 0 Å². The Hall–Kier alpha value is -3.36. The summed E-state index contributed by atoms with van der Waals surface area (Å²) in [6.45, 7) is 2.12. The number of hydrogen-bond donors (Lipinski definition) is 2. The highest BCUT2D eigenvalue weighted by Crippen LogP contribution is 2.51. The molecule has 4 heterocycles. The number of nitrogens with two attached hydrogens (primary N) is 1. The summed E-state index contributed by atoms with van der Waals surface area (Å²) in [5, 5.41) is 12.4. The average Bonchev–Trinajstić information content (AvgIpc) is 3.65. The van der Waals surface area contributed by atoms with E-state index in [1.165, 1.54) is 17.7 Å². The quantitative estimate of drug-likeness (QED) is 0.565. The molecule has 2 unspecified atom stereocenters. The number of hydrogen-bond acceptors (Lipinski definition) is 8. The Morgan fingerprint density at radius 1 is 1.09 bits per heavy atom. The molecule has 6 rings (SSSR count). The van der Waals surface area contributed by atoms with E-state index in [4.69, 9.17) is 15.8 Å². The molecular formula is C27H31N7S. The SMILES string of the molecule is CN(C)[C@@H]1CCN(c2ccc(C3(N4N=CCC4c4ccccc4)N=C(N)Nc4ccsc43)cc2)C1. The van der Waals surface area contributed by atoms with E-state index in [9.17, 15) is 0 Å². The fourth-order valence-electron chi connectivity index (χ4n) is 5.53. The van der Waals surface area contributed by atoms with Crippen LogP contribution in [0.5, 0.6) is 0 Å². The molecule has 0 radical (unpaired) electrons. The van der Waals surface area contributed by atoms with Gasteiger partial charge < -0.3 is 20.9 Å². The van der Waals surface area contributed by atoms with Gasteiger partial charge in [-0.15, -0.1) is 11.3 Å². The summed E-state index contributed by atoms with van der Waals surface area (Å²) in [7, 11) is 4.33. The van der Waals surface area contributed by atoms with Gasteiger partial charge >= 0.3 is 0 Å². The Labute approximate surface area is 210 Å². The molecule has 1 saturated heterocycles. The summed E-state index contributed by atoms with van der Waals surface area (Å²) in [5.41, 5.74) is 10.1. The first-order valence-electron chi connectivity index (χ1n) is 12.2. The lowest BCUT2D eigenvalue weighted by atomic mass is 9.92. The summed E-state index contributed by atoms with van der Waals surface area (Å²) in [6.07, 6.45) is 4.01. The van der Waals surface area contributed by atoms with Gasteiger partial charge in [0.2, 0.25) is 5.66 Å². The van der Waals surface area contributed by atoms with Crippen molar-refractivity contribution in [1.29, 1.82) is 0 Å². The van der Waals surface area contributed by atoms with Crippen molar-refractivity contribution in [1.82, 2.24) is 9.91 Å². The molecule has 0 amide bonds. The topological polar surface area (TPSA) is 72.5 Å². The predicted molar refractivity (Wildman–Crippen MR) is 145 cm³/mol. The Morgan fingerprint density at radius 2 is 1.89 bits per heavy atom. The molecule has 3 N–H and O–H groups in total. The summed E-state index contributed by atoms with van der Waals surface area (Å²) >= 11 is 1.69. The van der Waals surface area contributed by atoms with Crippen LogP contribution in [0, 0.1) is 0 Å². The lowest BCUT2D eigenvalue weighted by molar-refractivity contribution is 0.0990. The second-order valence-electron chi connectivity index (χ2n) is 9.66. The van der Waals surface area contributed by atoms with E-state index in [2.05, 4.69) is 100 Å². The molecule has 180 valence electrons. The molecule has 3 aromatic rings. The highest BCUT2D eigenvalue weighted by molar-refractivity contribution is 7.10. The third kappa shape index (κ3) is 3.68. The molecule has 35 heavy (non-hydrogen) atoms. The van der Waals surface area contributed by atoms with Gasteiger partial charge in [-0.1, -0.05) is 42.5 Å². The Kier molecular flexibility index (Phi) is 5.50. The molecule has 7 nitrogen and oxygen atoms in total. The second kappa shape index (κ2) is 8.70. The number of aliphatic imine (C=N–C) groups is 1. The number of rotatable bonds is 5. The van der Waals surface area contributed by atoms with Crippen molar-refractivity contribution in [2.24, 2.45) is 15.8 Å². The van der Waals surface area contributed by atoms with E-state index >= 15 is 0 Å². The summed E-state index contributed by atoms with van der Waals surface area (Å²) < 4.78 is 0. The minimum Gasteiger partial charge on any atom is -0.370 e. The number of hydrazone groups is 1. The number of fused-ring (bicyclic) bond motifs is 1. The van der Waals surface area contributed by atoms with Crippen molar-refractivity contribution < 1.29 is 0 Å². The Morgan fingerprint density at radius 3 is 2.63 bits per heavy atom. The Bertz CT molecular complexity index is 1250. The monoisotopic (exact) mass is 485 g/mol. The van der Waals surface area contributed by atoms with Crippen molar-refractivity contribution in [2.45, 2.75) is 30.6 Å². The lowest BCUT2D eigenvalue weighted by Gasteiger charge is -2.43. The number of thiophene rings is 1. The van der Waals surface area contributed by atoms with Crippen molar-refractivity contribution >= 4 is 34.9 Å². The van der Waals surface area contributed by atoms with E-state index in [0.29, 0.717) is 12.0 Å². The Balaban J connectivity index is 1.44. The molecular weight excluding hydrogens is 454 g/mol. The van der Waals surface area contributed by atoms with Crippen molar-refractivity contribution in [3.05, 3.63) is 82.0 Å². The highest BCUT2D eigenvalue weighted by Gasteiger charge is 2.49. The van der Waals surface area contributed by atoms with Crippen LogP contribution in [0.15, 0.2) is 76.1 Å². The van der Waals surface area contributed by atoms with Crippen LogP contribution < -0.4 is 16.0 Å². The van der Waals surface area contributed by atoms with E-state index in [0.717, 1.165) is 35.6 Å². The fourth-order valence-corrected chi connectivity index (χ4v) is 6.54. The summed E-state index contributed by atoms with van der Waals surface area (Å²) in [5.74, 6) is 0.405. The van der Waals surface area contributed by atoms with Crippen LogP contribution in [0.3, 0.4) is 0 Å². The van der Waals surface area contributed by atoms with Crippen LogP contribution in [-0.4, -0.2) is 55.3 Å². The van der Waals surface area contributed by atoms with Crippen LogP contribution in [0.1, 0.15) is 34.9 Å².